The SMILES string of the molecule is CCCCOc1ccc(S(=O)(=O)F)cc1. The number of rotatable bonds is 5. The van der Waals surface area contributed by atoms with Crippen LogP contribution in [0.1, 0.15) is 19.8 Å². The third-order valence-electron chi connectivity index (χ3n) is 1.87. The average molecular weight is 232 g/mol. The predicted molar refractivity (Wildman–Crippen MR) is 55.1 cm³/mol. The van der Waals surface area contributed by atoms with Crippen molar-refractivity contribution >= 4 is 10.2 Å². The fourth-order valence-electron chi connectivity index (χ4n) is 1.03. The summed E-state index contributed by atoms with van der Waals surface area (Å²) >= 11 is 0. The first kappa shape index (κ1) is 12.0. The monoisotopic (exact) mass is 232 g/mol. The van der Waals surface area contributed by atoms with Gasteiger partial charge in [-0.15, -0.1) is 3.89 Å². The molecule has 84 valence electrons. The summed E-state index contributed by atoms with van der Waals surface area (Å²) in [4.78, 5) is -0.342. The minimum Gasteiger partial charge on any atom is -0.494 e. The molecule has 0 atom stereocenters. The third kappa shape index (κ3) is 3.87. The molecular formula is C10H13FO3S. The summed E-state index contributed by atoms with van der Waals surface area (Å²) in [6, 6.07) is 5.28. The van der Waals surface area contributed by atoms with Gasteiger partial charge in [-0.1, -0.05) is 13.3 Å². The summed E-state index contributed by atoms with van der Waals surface area (Å²) < 4.78 is 38.8. The summed E-state index contributed by atoms with van der Waals surface area (Å²) in [6.07, 6.45) is 1.96. The zero-order chi connectivity index (χ0) is 11.3. The van der Waals surface area contributed by atoms with Crippen molar-refractivity contribution in [1.82, 2.24) is 0 Å². The number of ether oxygens (including phenoxy) is 1. The van der Waals surface area contributed by atoms with Gasteiger partial charge in [0.05, 0.1) is 11.5 Å². The maximum absolute atomic E-state index is 12.5. The molecule has 0 radical (unpaired) electrons. The smallest absolute Gasteiger partial charge is 0.332 e. The molecule has 0 amide bonds. The molecule has 5 heteroatoms. The lowest BCUT2D eigenvalue weighted by Crippen LogP contribution is -1.97. The first-order valence-corrected chi connectivity index (χ1v) is 6.10. The summed E-state index contributed by atoms with van der Waals surface area (Å²) in [5.41, 5.74) is 0. The lowest BCUT2D eigenvalue weighted by Gasteiger charge is -2.04. The van der Waals surface area contributed by atoms with Crippen molar-refractivity contribution in [2.45, 2.75) is 24.7 Å². The molecule has 0 aliphatic carbocycles. The maximum Gasteiger partial charge on any atom is 0.332 e. The molecule has 1 rings (SSSR count). The Labute approximate surface area is 89.1 Å². The molecule has 0 N–H and O–H groups in total. The zero-order valence-corrected chi connectivity index (χ0v) is 9.26. The molecule has 1 aromatic rings. The van der Waals surface area contributed by atoms with Crippen molar-refractivity contribution < 1.29 is 17.0 Å². The number of hydrogen-bond donors (Lipinski definition) is 0. The van der Waals surface area contributed by atoms with Crippen LogP contribution in [0.15, 0.2) is 29.2 Å². The van der Waals surface area contributed by atoms with Gasteiger partial charge >= 0.3 is 10.2 Å². The molecule has 1 aromatic carbocycles. The number of unbranched alkanes of at least 4 members (excludes halogenated alkanes) is 1. The Hall–Kier alpha value is -1.10. The molecule has 15 heavy (non-hydrogen) atoms. The summed E-state index contributed by atoms with van der Waals surface area (Å²) in [6.45, 7) is 2.63. The van der Waals surface area contributed by atoms with Crippen LogP contribution in [0.2, 0.25) is 0 Å². The standard InChI is InChI=1S/C10H13FO3S/c1-2-3-8-14-9-4-6-10(7-5-9)15(11,12)13/h4-7H,2-3,8H2,1H3. The average Bonchev–Trinajstić information content (AvgIpc) is 2.18. The van der Waals surface area contributed by atoms with Gasteiger partial charge in [-0.3, -0.25) is 0 Å². The maximum atomic E-state index is 12.5. The lowest BCUT2D eigenvalue weighted by atomic mass is 10.3. The van der Waals surface area contributed by atoms with Crippen LogP contribution in [0.4, 0.5) is 3.89 Å². The zero-order valence-electron chi connectivity index (χ0n) is 8.44. The first-order valence-electron chi connectivity index (χ1n) is 4.71. The van der Waals surface area contributed by atoms with Crippen molar-refractivity contribution in [3.8, 4) is 5.75 Å². The van der Waals surface area contributed by atoms with Crippen LogP contribution in [0.5, 0.6) is 5.75 Å². The fourth-order valence-corrected chi connectivity index (χ4v) is 1.49. The van der Waals surface area contributed by atoms with Gasteiger partial charge < -0.3 is 4.74 Å². The molecule has 0 aliphatic heterocycles. The second-order valence-electron chi connectivity index (χ2n) is 3.11. The van der Waals surface area contributed by atoms with Crippen LogP contribution < -0.4 is 4.74 Å². The fraction of sp³-hybridized carbons (Fsp3) is 0.400. The molecule has 0 unspecified atom stereocenters. The van der Waals surface area contributed by atoms with E-state index in [0.29, 0.717) is 12.4 Å². The van der Waals surface area contributed by atoms with E-state index in [1.807, 2.05) is 6.92 Å². The number of hydrogen-bond acceptors (Lipinski definition) is 3. The van der Waals surface area contributed by atoms with Gasteiger partial charge in [0, 0.05) is 0 Å². The van der Waals surface area contributed by atoms with E-state index >= 15 is 0 Å². The van der Waals surface area contributed by atoms with E-state index in [1.165, 1.54) is 24.3 Å². The van der Waals surface area contributed by atoms with E-state index in [4.69, 9.17) is 4.74 Å². The highest BCUT2D eigenvalue weighted by Gasteiger charge is 2.10. The molecule has 0 spiro atoms. The highest BCUT2D eigenvalue weighted by Crippen LogP contribution is 2.17. The van der Waals surface area contributed by atoms with Crippen LogP contribution in [-0.2, 0) is 10.2 Å². The third-order valence-corrected chi connectivity index (χ3v) is 2.71. The first-order chi connectivity index (χ1) is 7.04. The van der Waals surface area contributed by atoms with Crippen molar-refractivity contribution in [3.63, 3.8) is 0 Å². The van der Waals surface area contributed by atoms with E-state index in [9.17, 15) is 12.3 Å². The van der Waals surface area contributed by atoms with Gasteiger partial charge in [-0.05, 0) is 30.7 Å². The highest BCUT2D eigenvalue weighted by molar-refractivity contribution is 7.86. The normalized spacial score (nSPS) is 11.3. The Morgan fingerprint density at radius 3 is 2.33 bits per heavy atom. The van der Waals surface area contributed by atoms with Gasteiger partial charge in [0.15, 0.2) is 0 Å². The second kappa shape index (κ2) is 5.11. The molecule has 3 nitrogen and oxygen atoms in total. The van der Waals surface area contributed by atoms with Gasteiger partial charge in [0.1, 0.15) is 5.75 Å². The van der Waals surface area contributed by atoms with Crippen molar-refractivity contribution in [2.24, 2.45) is 0 Å². The van der Waals surface area contributed by atoms with Gasteiger partial charge in [0.2, 0.25) is 0 Å². The van der Waals surface area contributed by atoms with Crippen LogP contribution in [0, 0.1) is 0 Å². The van der Waals surface area contributed by atoms with E-state index in [0.717, 1.165) is 12.8 Å². The van der Waals surface area contributed by atoms with Gasteiger partial charge in [-0.25, -0.2) is 0 Å². The topological polar surface area (TPSA) is 43.4 Å². The molecule has 0 fully saturated rings. The highest BCUT2D eigenvalue weighted by atomic mass is 32.3. The van der Waals surface area contributed by atoms with E-state index in [1.54, 1.807) is 0 Å². The van der Waals surface area contributed by atoms with Crippen LogP contribution >= 0.6 is 0 Å². The quantitative estimate of drug-likeness (QED) is 0.578. The Balaban J connectivity index is 2.65. The summed E-state index contributed by atoms with van der Waals surface area (Å²) in [5, 5.41) is 0. The minimum atomic E-state index is -4.60. The molecule has 0 aliphatic rings. The molecular weight excluding hydrogens is 219 g/mol. The van der Waals surface area contributed by atoms with E-state index in [2.05, 4.69) is 0 Å². The minimum absolute atomic E-state index is 0.342. The van der Waals surface area contributed by atoms with Gasteiger partial charge in [0.25, 0.3) is 0 Å². The van der Waals surface area contributed by atoms with Crippen molar-refractivity contribution in [1.29, 1.82) is 0 Å². The predicted octanol–water partition coefficient (Wildman–Crippen LogP) is 2.52. The van der Waals surface area contributed by atoms with Crippen LogP contribution in [-0.4, -0.2) is 15.0 Å². The molecule has 0 saturated heterocycles. The summed E-state index contributed by atoms with van der Waals surface area (Å²) in [5.74, 6) is 0.552. The van der Waals surface area contributed by atoms with Gasteiger partial charge in [-0.2, -0.15) is 8.42 Å². The van der Waals surface area contributed by atoms with Crippen LogP contribution in [0.3, 0.4) is 0 Å². The molecule has 0 saturated carbocycles. The number of halogens is 1. The Morgan fingerprint density at radius 1 is 1.27 bits per heavy atom. The van der Waals surface area contributed by atoms with E-state index in [-0.39, 0.29) is 4.90 Å². The van der Waals surface area contributed by atoms with Crippen molar-refractivity contribution in [3.05, 3.63) is 24.3 Å². The van der Waals surface area contributed by atoms with E-state index < -0.39 is 10.2 Å². The van der Waals surface area contributed by atoms with Crippen molar-refractivity contribution in [2.75, 3.05) is 6.61 Å². The lowest BCUT2D eigenvalue weighted by molar-refractivity contribution is 0.309. The second-order valence-corrected chi connectivity index (χ2v) is 4.46. The number of benzene rings is 1. The Morgan fingerprint density at radius 2 is 1.87 bits per heavy atom. The van der Waals surface area contributed by atoms with Crippen LogP contribution in [0.25, 0.3) is 0 Å². The summed E-state index contributed by atoms with van der Waals surface area (Å²) in [7, 11) is -4.60. The Bertz CT molecular complexity index is 397. The largest absolute Gasteiger partial charge is 0.494 e. The molecule has 0 bridgehead atoms. The molecule has 0 aromatic heterocycles. The molecule has 0 heterocycles. The Kier molecular flexibility index (Phi) is 4.08.